The number of halogens is 3. The largest absolute Gasteiger partial charge is 0.481 e. The van der Waals surface area contributed by atoms with Crippen LogP contribution in [-0.2, 0) is 20.4 Å². The van der Waals surface area contributed by atoms with Gasteiger partial charge in [0.05, 0.1) is 0 Å². The Hall–Kier alpha value is -1.12. The highest BCUT2D eigenvalue weighted by atomic mass is 32.2. The molecule has 1 aliphatic heterocycles. The molecule has 1 N–H and O–H groups in total. The van der Waals surface area contributed by atoms with E-state index in [-0.39, 0.29) is 0 Å². The summed E-state index contributed by atoms with van der Waals surface area (Å²) < 4.78 is 48.5. The minimum atomic E-state index is -4.96. The summed E-state index contributed by atoms with van der Waals surface area (Å²) in [5.41, 5.74) is 0. The van der Waals surface area contributed by atoms with Gasteiger partial charge in [0.25, 0.3) is 0 Å². The quantitative estimate of drug-likeness (QED) is 0.808. The molecular formula is C10H14F3NO4S. The average molecular weight is 301 g/mol. The predicted molar refractivity (Wildman–Crippen MR) is 60.9 cm³/mol. The molecule has 1 fully saturated rings. The van der Waals surface area contributed by atoms with E-state index in [2.05, 4.69) is 0 Å². The average Bonchev–Trinajstić information content (AvgIpc) is 2.77. The molecule has 9 heteroatoms. The lowest BCUT2D eigenvalue weighted by Gasteiger charge is -2.17. The third-order valence-electron chi connectivity index (χ3n) is 2.79. The number of carbonyl (C=O) groups excluding carboxylic acids is 1. The number of rotatable bonds is 5. The second-order valence-corrected chi connectivity index (χ2v) is 5.77. The molecule has 0 saturated carbocycles. The van der Waals surface area contributed by atoms with E-state index in [1.807, 2.05) is 0 Å². The van der Waals surface area contributed by atoms with Gasteiger partial charge in [0.2, 0.25) is 5.91 Å². The van der Waals surface area contributed by atoms with Crippen molar-refractivity contribution in [2.24, 2.45) is 5.92 Å². The lowest BCUT2D eigenvalue weighted by Crippen LogP contribution is -2.38. The van der Waals surface area contributed by atoms with Crippen molar-refractivity contribution >= 4 is 22.7 Å². The molecule has 2 atom stereocenters. The molecule has 1 heterocycles. The number of aliphatic carboxylic acids is 1. The molecule has 0 spiro atoms. The monoisotopic (exact) mass is 301 g/mol. The molecular weight excluding hydrogens is 287 g/mol. The van der Waals surface area contributed by atoms with Gasteiger partial charge in [-0.05, 0) is 12.8 Å². The van der Waals surface area contributed by atoms with Gasteiger partial charge in [-0.1, -0.05) is 0 Å². The summed E-state index contributed by atoms with van der Waals surface area (Å²) in [7, 11) is -2.14. The summed E-state index contributed by atoms with van der Waals surface area (Å²) >= 11 is 0. The highest BCUT2D eigenvalue weighted by molar-refractivity contribution is 7.85. The van der Waals surface area contributed by atoms with E-state index in [0.29, 0.717) is 13.1 Å². The number of alkyl halides is 3. The number of carboxylic acid groups (broad SMARTS) is 1. The van der Waals surface area contributed by atoms with Crippen LogP contribution in [0.2, 0.25) is 0 Å². The molecule has 1 amide bonds. The highest BCUT2D eigenvalue weighted by Gasteiger charge is 2.46. The third kappa shape index (κ3) is 4.81. The van der Waals surface area contributed by atoms with Crippen LogP contribution in [0.15, 0.2) is 0 Å². The highest BCUT2D eigenvalue weighted by Crippen LogP contribution is 2.27. The van der Waals surface area contributed by atoms with Gasteiger partial charge in [-0.3, -0.25) is 13.8 Å². The van der Waals surface area contributed by atoms with Crippen LogP contribution in [0.1, 0.15) is 12.8 Å². The van der Waals surface area contributed by atoms with E-state index in [4.69, 9.17) is 5.11 Å². The summed E-state index contributed by atoms with van der Waals surface area (Å²) in [5, 5.41) is 8.45. The number of amides is 1. The summed E-state index contributed by atoms with van der Waals surface area (Å²) in [4.78, 5) is 23.5. The smallest absolute Gasteiger partial charge is 0.403 e. The van der Waals surface area contributed by atoms with Gasteiger partial charge >= 0.3 is 12.1 Å². The van der Waals surface area contributed by atoms with Crippen molar-refractivity contribution in [2.45, 2.75) is 19.0 Å². The summed E-state index contributed by atoms with van der Waals surface area (Å²) in [6.07, 6.45) is -3.32. The standard InChI is InChI=1S/C10H14F3NO4S/c11-10(12,13)7(9(16)17)5-19(18)6-8(15)14-3-1-2-4-14/h7H,1-6H2,(H,16,17). The Kier molecular flexibility index (Phi) is 5.33. The zero-order valence-corrected chi connectivity index (χ0v) is 10.8. The molecule has 0 bridgehead atoms. The maximum atomic E-state index is 12.4. The number of likely N-dealkylation sites (tertiary alicyclic amines) is 1. The molecule has 0 aromatic rings. The van der Waals surface area contributed by atoms with Crippen LogP contribution in [0.25, 0.3) is 0 Å². The molecule has 1 aliphatic rings. The Labute approximate surface area is 110 Å². The zero-order valence-electron chi connectivity index (χ0n) is 9.98. The van der Waals surface area contributed by atoms with Crippen LogP contribution in [0.3, 0.4) is 0 Å². The number of hydrogen-bond acceptors (Lipinski definition) is 3. The fourth-order valence-corrected chi connectivity index (χ4v) is 3.03. The Balaban J connectivity index is 2.53. The summed E-state index contributed by atoms with van der Waals surface area (Å²) in [6.45, 7) is 1.02. The first kappa shape index (κ1) is 15.9. The van der Waals surface area contributed by atoms with Gasteiger partial charge in [0.1, 0.15) is 5.75 Å². The van der Waals surface area contributed by atoms with Crippen LogP contribution in [0.5, 0.6) is 0 Å². The molecule has 1 saturated heterocycles. The number of nitrogens with zero attached hydrogens (tertiary/aromatic N) is 1. The van der Waals surface area contributed by atoms with E-state index >= 15 is 0 Å². The second-order valence-electron chi connectivity index (χ2n) is 4.27. The topological polar surface area (TPSA) is 74.7 Å². The van der Waals surface area contributed by atoms with Crippen molar-refractivity contribution in [1.29, 1.82) is 0 Å². The lowest BCUT2D eigenvalue weighted by molar-refractivity contribution is -0.188. The van der Waals surface area contributed by atoms with Crippen molar-refractivity contribution in [3.8, 4) is 0 Å². The first-order valence-electron chi connectivity index (χ1n) is 5.64. The SMILES string of the molecule is O=C(O)C(CS(=O)CC(=O)N1CCCC1)C(F)(F)F. The van der Waals surface area contributed by atoms with Gasteiger partial charge in [-0.2, -0.15) is 13.2 Å². The van der Waals surface area contributed by atoms with E-state index < -0.39 is 46.3 Å². The summed E-state index contributed by atoms with van der Waals surface area (Å²) in [5.74, 6) is -6.89. The fraction of sp³-hybridized carbons (Fsp3) is 0.800. The predicted octanol–water partition coefficient (Wildman–Crippen LogP) is 0.621. The molecule has 1 rings (SSSR count). The van der Waals surface area contributed by atoms with Gasteiger partial charge in [0.15, 0.2) is 5.92 Å². The minimum absolute atomic E-state index is 0.484. The first-order valence-corrected chi connectivity index (χ1v) is 7.13. The van der Waals surface area contributed by atoms with Crippen LogP contribution in [0.4, 0.5) is 13.2 Å². The zero-order chi connectivity index (χ0) is 14.6. The molecule has 0 aromatic carbocycles. The number of carbonyl (C=O) groups is 2. The van der Waals surface area contributed by atoms with E-state index in [0.717, 1.165) is 12.8 Å². The normalized spacial score (nSPS) is 19.2. The Bertz CT molecular complexity index is 379. The molecule has 5 nitrogen and oxygen atoms in total. The van der Waals surface area contributed by atoms with Crippen molar-refractivity contribution in [1.82, 2.24) is 4.90 Å². The van der Waals surface area contributed by atoms with Gasteiger partial charge in [-0.15, -0.1) is 0 Å². The van der Waals surface area contributed by atoms with Crippen LogP contribution in [-0.4, -0.2) is 56.9 Å². The Morgan fingerprint density at radius 1 is 1.26 bits per heavy atom. The minimum Gasteiger partial charge on any atom is -0.481 e. The van der Waals surface area contributed by atoms with Gasteiger partial charge < -0.3 is 10.0 Å². The van der Waals surface area contributed by atoms with Crippen LogP contribution < -0.4 is 0 Å². The lowest BCUT2D eigenvalue weighted by atomic mass is 10.2. The van der Waals surface area contributed by atoms with Crippen molar-refractivity contribution in [3.63, 3.8) is 0 Å². The molecule has 0 aromatic heterocycles. The van der Waals surface area contributed by atoms with Crippen LogP contribution >= 0.6 is 0 Å². The molecule has 2 unspecified atom stereocenters. The van der Waals surface area contributed by atoms with Gasteiger partial charge in [0, 0.05) is 29.6 Å². The molecule has 0 aliphatic carbocycles. The first-order chi connectivity index (χ1) is 8.71. The van der Waals surface area contributed by atoms with E-state index in [1.54, 1.807) is 0 Å². The number of hydrogen-bond donors (Lipinski definition) is 1. The molecule has 0 radical (unpaired) electrons. The molecule has 19 heavy (non-hydrogen) atoms. The number of carboxylic acids is 1. The molecule has 110 valence electrons. The summed E-state index contributed by atoms with van der Waals surface area (Å²) in [6, 6.07) is 0. The van der Waals surface area contributed by atoms with Crippen LogP contribution in [0, 0.1) is 5.92 Å². The second kappa shape index (κ2) is 6.36. The fourth-order valence-electron chi connectivity index (χ4n) is 1.75. The van der Waals surface area contributed by atoms with Crippen molar-refractivity contribution < 1.29 is 32.1 Å². The third-order valence-corrected chi connectivity index (χ3v) is 4.06. The van der Waals surface area contributed by atoms with E-state index in [9.17, 15) is 27.0 Å². The maximum absolute atomic E-state index is 12.4. The van der Waals surface area contributed by atoms with Crippen molar-refractivity contribution in [2.75, 3.05) is 24.6 Å². The van der Waals surface area contributed by atoms with Gasteiger partial charge in [-0.25, -0.2) is 0 Å². The maximum Gasteiger partial charge on any atom is 0.403 e. The van der Waals surface area contributed by atoms with Crippen molar-refractivity contribution in [3.05, 3.63) is 0 Å². The van der Waals surface area contributed by atoms with E-state index in [1.165, 1.54) is 4.90 Å². The Morgan fingerprint density at radius 3 is 2.21 bits per heavy atom. The Morgan fingerprint density at radius 2 is 1.79 bits per heavy atom.